The minimum Gasteiger partial charge on any atom is -0.325 e. The van der Waals surface area contributed by atoms with Gasteiger partial charge in [-0.15, -0.1) is 0 Å². The molecule has 0 bridgehead atoms. The third-order valence-corrected chi connectivity index (χ3v) is 5.82. The van der Waals surface area contributed by atoms with E-state index in [0.29, 0.717) is 0 Å². The normalized spacial score (nSPS) is 11.4. The van der Waals surface area contributed by atoms with Gasteiger partial charge in [0.15, 0.2) is 0 Å². The molecule has 0 saturated heterocycles. The first-order valence-electron chi connectivity index (χ1n) is 8.60. The third kappa shape index (κ3) is 5.03. The van der Waals surface area contributed by atoms with Crippen molar-refractivity contribution in [2.24, 2.45) is 0 Å². The van der Waals surface area contributed by atoms with E-state index in [0.717, 1.165) is 9.87 Å². The summed E-state index contributed by atoms with van der Waals surface area (Å²) in [4.78, 5) is 12.6. The zero-order valence-electron chi connectivity index (χ0n) is 15.0. The van der Waals surface area contributed by atoms with Crippen LogP contribution in [0.5, 0.6) is 0 Å². The van der Waals surface area contributed by atoms with E-state index >= 15 is 0 Å². The maximum absolute atomic E-state index is 13.3. The number of nitrogens with zero attached hydrogens (tertiary/aromatic N) is 1. The van der Waals surface area contributed by atoms with Gasteiger partial charge in [-0.2, -0.15) is 4.31 Å². The lowest BCUT2D eigenvalue weighted by Gasteiger charge is -2.22. The van der Waals surface area contributed by atoms with Crippen LogP contribution in [0.1, 0.15) is 5.56 Å². The molecule has 0 unspecified atom stereocenters. The molecule has 3 aromatic carbocycles. The molecule has 0 aliphatic carbocycles. The lowest BCUT2D eigenvalue weighted by atomic mass is 10.2. The van der Waals surface area contributed by atoms with E-state index in [2.05, 4.69) is 5.32 Å². The second-order valence-corrected chi connectivity index (χ2v) is 8.07. The molecule has 1 amide bonds. The van der Waals surface area contributed by atoms with Crippen molar-refractivity contribution in [3.05, 3.63) is 96.3 Å². The molecule has 0 atom stereocenters. The number of anilines is 1. The van der Waals surface area contributed by atoms with Crippen molar-refractivity contribution in [1.29, 1.82) is 0 Å². The van der Waals surface area contributed by atoms with Crippen molar-refractivity contribution in [2.45, 2.75) is 11.4 Å². The Kier molecular flexibility index (Phi) is 6.18. The molecule has 5 nitrogen and oxygen atoms in total. The number of hydrogen-bond donors (Lipinski definition) is 1. The summed E-state index contributed by atoms with van der Waals surface area (Å²) in [6, 6.07) is 22.4. The van der Waals surface area contributed by atoms with E-state index in [4.69, 9.17) is 0 Å². The van der Waals surface area contributed by atoms with Gasteiger partial charge in [-0.3, -0.25) is 4.79 Å². The van der Waals surface area contributed by atoms with E-state index in [1.54, 1.807) is 42.5 Å². The quantitative estimate of drug-likeness (QED) is 0.661. The predicted molar refractivity (Wildman–Crippen MR) is 106 cm³/mol. The molecule has 28 heavy (non-hydrogen) atoms. The maximum Gasteiger partial charge on any atom is 0.243 e. The average molecular weight is 398 g/mol. The number of nitrogens with one attached hydrogen (secondary N) is 1. The van der Waals surface area contributed by atoms with Crippen molar-refractivity contribution in [3.8, 4) is 0 Å². The van der Waals surface area contributed by atoms with Crippen LogP contribution in [0, 0.1) is 5.82 Å². The molecule has 0 radical (unpaired) electrons. The van der Waals surface area contributed by atoms with E-state index in [1.165, 1.54) is 36.4 Å². The van der Waals surface area contributed by atoms with Gasteiger partial charge >= 0.3 is 0 Å². The average Bonchev–Trinajstić information content (AvgIpc) is 2.69. The maximum atomic E-state index is 13.3. The first-order chi connectivity index (χ1) is 13.4. The van der Waals surface area contributed by atoms with Crippen LogP contribution >= 0.6 is 0 Å². The van der Waals surface area contributed by atoms with Crippen LogP contribution in [0.4, 0.5) is 10.1 Å². The highest BCUT2D eigenvalue weighted by Crippen LogP contribution is 2.18. The van der Waals surface area contributed by atoms with Gasteiger partial charge in [-0.25, -0.2) is 12.8 Å². The molecule has 0 heterocycles. The molecule has 7 heteroatoms. The summed E-state index contributed by atoms with van der Waals surface area (Å²) < 4.78 is 40.6. The van der Waals surface area contributed by atoms with E-state index < -0.39 is 28.3 Å². The smallest absolute Gasteiger partial charge is 0.243 e. The van der Waals surface area contributed by atoms with E-state index in [9.17, 15) is 17.6 Å². The SMILES string of the molecule is O=C(CN(Cc1ccccc1)S(=O)(=O)c1ccccc1)Nc1cccc(F)c1. The predicted octanol–water partition coefficient (Wildman–Crippen LogP) is 3.66. The van der Waals surface area contributed by atoms with Crippen LogP contribution in [0.15, 0.2) is 89.8 Å². The summed E-state index contributed by atoms with van der Waals surface area (Å²) in [5.74, 6) is -1.04. The molecular formula is C21H19FN2O3S. The van der Waals surface area contributed by atoms with Gasteiger partial charge in [0, 0.05) is 12.2 Å². The first-order valence-corrected chi connectivity index (χ1v) is 10.0. The molecule has 0 aliphatic rings. The number of benzene rings is 3. The summed E-state index contributed by atoms with van der Waals surface area (Å²) in [7, 11) is -3.90. The zero-order valence-corrected chi connectivity index (χ0v) is 15.8. The monoisotopic (exact) mass is 398 g/mol. The minimum absolute atomic E-state index is 0.0363. The van der Waals surface area contributed by atoms with Crippen molar-refractivity contribution >= 4 is 21.6 Å². The molecule has 3 aromatic rings. The van der Waals surface area contributed by atoms with Gasteiger partial charge in [0.25, 0.3) is 0 Å². The number of carbonyl (C=O) groups excluding carboxylic acids is 1. The molecule has 0 saturated carbocycles. The van der Waals surface area contributed by atoms with Crippen LogP contribution in [0.25, 0.3) is 0 Å². The Bertz CT molecular complexity index is 1040. The van der Waals surface area contributed by atoms with E-state index in [-0.39, 0.29) is 17.1 Å². The van der Waals surface area contributed by atoms with Crippen molar-refractivity contribution in [1.82, 2.24) is 4.31 Å². The summed E-state index contributed by atoms with van der Waals surface area (Å²) in [6.45, 7) is -0.364. The number of hydrogen-bond acceptors (Lipinski definition) is 3. The summed E-state index contributed by atoms with van der Waals surface area (Å²) in [6.07, 6.45) is 0. The van der Waals surface area contributed by atoms with Crippen LogP contribution in [0.2, 0.25) is 0 Å². The molecule has 0 spiro atoms. The highest BCUT2D eigenvalue weighted by Gasteiger charge is 2.26. The Labute approximate surface area is 163 Å². The topological polar surface area (TPSA) is 66.5 Å². The second kappa shape index (κ2) is 8.77. The van der Waals surface area contributed by atoms with Crippen LogP contribution in [-0.2, 0) is 21.4 Å². The van der Waals surface area contributed by atoms with Gasteiger partial charge in [-0.05, 0) is 35.9 Å². The minimum atomic E-state index is -3.90. The van der Waals surface area contributed by atoms with Crippen LogP contribution in [-0.4, -0.2) is 25.2 Å². The standard InChI is InChI=1S/C21H19FN2O3S/c22-18-10-7-11-19(14-18)23-21(25)16-24(15-17-8-3-1-4-9-17)28(26,27)20-12-5-2-6-13-20/h1-14H,15-16H2,(H,23,25). The molecule has 144 valence electrons. The van der Waals surface area contributed by atoms with Crippen molar-refractivity contribution in [3.63, 3.8) is 0 Å². The van der Waals surface area contributed by atoms with E-state index in [1.807, 2.05) is 6.07 Å². The Hall–Kier alpha value is -3.03. The Morgan fingerprint density at radius 3 is 2.18 bits per heavy atom. The molecule has 3 rings (SSSR count). The number of rotatable bonds is 7. The first kappa shape index (κ1) is 19.7. The lowest BCUT2D eigenvalue weighted by molar-refractivity contribution is -0.116. The molecule has 0 aromatic heterocycles. The number of sulfonamides is 1. The van der Waals surface area contributed by atoms with Crippen LogP contribution < -0.4 is 5.32 Å². The van der Waals surface area contributed by atoms with Gasteiger partial charge in [0.1, 0.15) is 5.82 Å². The van der Waals surface area contributed by atoms with Gasteiger partial charge in [-0.1, -0.05) is 54.6 Å². The second-order valence-electron chi connectivity index (χ2n) is 6.13. The van der Waals surface area contributed by atoms with Crippen LogP contribution in [0.3, 0.4) is 0 Å². The molecular weight excluding hydrogens is 379 g/mol. The number of carbonyl (C=O) groups is 1. The molecule has 0 fully saturated rings. The Morgan fingerprint density at radius 1 is 0.893 bits per heavy atom. The molecule has 1 N–H and O–H groups in total. The number of halogens is 1. The fourth-order valence-corrected chi connectivity index (χ4v) is 4.09. The fraction of sp³-hybridized carbons (Fsp3) is 0.0952. The van der Waals surface area contributed by atoms with Gasteiger partial charge in [0.2, 0.25) is 15.9 Å². The Balaban J connectivity index is 1.84. The van der Waals surface area contributed by atoms with Gasteiger partial charge < -0.3 is 5.32 Å². The zero-order chi connectivity index (χ0) is 20.0. The summed E-state index contributed by atoms with van der Waals surface area (Å²) in [5, 5.41) is 2.54. The fourth-order valence-electron chi connectivity index (χ4n) is 2.68. The van der Waals surface area contributed by atoms with Gasteiger partial charge in [0.05, 0.1) is 11.4 Å². The highest BCUT2D eigenvalue weighted by molar-refractivity contribution is 7.89. The highest BCUT2D eigenvalue weighted by atomic mass is 32.2. The molecule has 0 aliphatic heterocycles. The summed E-state index contributed by atoms with van der Waals surface area (Å²) >= 11 is 0. The van der Waals surface area contributed by atoms with Crippen molar-refractivity contribution in [2.75, 3.05) is 11.9 Å². The lowest BCUT2D eigenvalue weighted by Crippen LogP contribution is -2.37. The third-order valence-electron chi connectivity index (χ3n) is 4.01. The number of amides is 1. The Morgan fingerprint density at radius 2 is 1.54 bits per heavy atom. The largest absolute Gasteiger partial charge is 0.325 e. The summed E-state index contributed by atoms with van der Waals surface area (Å²) in [5.41, 5.74) is 1.02. The van der Waals surface area contributed by atoms with Crippen molar-refractivity contribution < 1.29 is 17.6 Å².